The highest BCUT2D eigenvalue weighted by Crippen LogP contribution is 2.28. The summed E-state index contributed by atoms with van der Waals surface area (Å²) in [6.45, 7) is 0.104. The third-order valence-corrected chi connectivity index (χ3v) is 4.73. The Morgan fingerprint density at radius 3 is 2.34 bits per heavy atom. The first kappa shape index (κ1) is 21.8. The number of nitro benzene ring substituents is 1. The van der Waals surface area contributed by atoms with Crippen molar-refractivity contribution in [3.05, 3.63) is 58.1 Å². The van der Waals surface area contributed by atoms with E-state index < -0.39 is 26.8 Å². The Morgan fingerprint density at radius 2 is 1.79 bits per heavy atom. The Bertz CT molecular complexity index is 1040. The topological polar surface area (TPSA) is 171 Å². The number of nitro groups is 1. The first-order valence-corrected chi connectivity index (χ1v) is 9.70. The van der Waals surface area contributed by atoms with Crippen LogP contribution in [0.2, 0.25) is 0 Å². The molecule has 0 spiro atoms. The molecule has 4 N–H and O–H groups in total. The molecule has 0 aliphatic rings. The number of carbonyl (C=O) groups is 2. The van der Waals surface area contributed by atoms with Crippen LogP contribution in [0.15, 0.2) is 47.4 Å². The van der Waals surface area contributed by atoms with Crippen molar-refractivity contribution in [2.24, 2.45) is 5.14 Å². The number of hydrogen-bond donors (Lipinski definition) is 3. The summed E-state index contributed by atoms with van der Waals surface area (Å²) < 4.78 is 27.4. The molecular weight excluding hydrogens is 404 g/mol. The summed E-state index contributed by atoms with van der Waals surface area (Å²) in [6, 6.07) is 9.35. The van der Waals surface area contributed by atoms with Gasteiger partial charge in [-0.05, 0) is 30.2 Å². The predicted molar refractivity (Wildman–Crippen MR) is 103 cm³/mol. The van der Waals surface area contributed by atoms with Crippen LogP contribution in [0.5, 0.6) is 5.75 Å². The first-order valence-electron chi connectivity index (χ1n) is 8.15. The molecule has 0 aliphatic carbocycles. The summed E-state index contributed by atoms with van der Waals surface area (Å²) in [4.78, 5) is 34.2. The van der Waals surface area contributed by atoms with Crippen LogP contribution in [0, 0.1) is 10.1 Å². The van der Waals surface area contributed by atoms with Gasteiger partial charge in [0.25, 0.3) is 5.69 Å². The van der Waals surface area contributed by atoms with Crippen molar-refractivity contribution in [3.8, 4) is 5.75 Å². The molecule has 154 valence electrons. The fraction of sp³-hybridized carbons (Fsp3) is 0.176. The lowest BCUT2D eigenvalue weighted by molar-refractivity contribution is -0.384. The Labute approximate surface area is 166 Å². The number of amides is 2. The van der Waals surface area contributed by atoms with E-state index in [9.17, 15) is 28.1 Å². The Morgan fingerprint density at radius 1 is 1.14 bits per heavy atom. The van der Waals surface area contributed by atoms with Crippen LogP contribution < -0.4 is 20.5 Å². The fourth-order valence-electron chi connectivity index (χ4n) is 2.33. The number of ether oxygens (including phenoxy) is 1. The van der Waals surface area contributed by atoms with Crippen LogP contribution in [0.3, 0.4) is 0 Å². The molecule has 0 heterocycles. The largest absolute Gasteiger partial charge is 0.495 e. The van der Waals surface area contributed by atoms with Crippen molar-refractivity contribution in [3.63, 3.8) is 0 Å². The van der Waals surface area contributed by atoms with Crippen LogP contribution in [-0.2, 0) is 26.0 Å². The molecule has 2 aromatic carbocycles. The normalized spacial score (nSPS) is 10.8. The van der Waals surface area contributed by atoms with E-state index in [4.69, 9.17) is 9.88 Å². The van der Waals surface area contributed by atoms with E-state index in [0.717, 1.165) is 11.6 Å². The third-order valence-electron chi connectivity index (χ3n) is 3.80. The summed E-state index contributed by atoms with van der Waals surface area (Å²) in [5.74, 6) is -1.81. The average Bonchev–Trinajstić information content (AvgIpc) is 2.67. The van der Waals surface area contributed by atoms with E-state index in [1.54, 1.807) is 12.1 Å². The van der Waals surface area contributed by atoms with E-state index in [0.29, 0.717) is 6.42 Å². The molecule has 0 saturated carbocycles. The number of benzene rings is 2. The predicted octanol–water partition coefficient (Wildman–Crippen LogP) is 0.548. The van der Waals surface area contributed by atoms with E-state index >= 15 is 0 Å². The molecule has 0 bridgehead atoms. The van der Waals surface area contributed by atoms with E-state index in [2.05, 4.69) is 10.6 Å². The molecule has 0 radical (unpaired) electrons. The summed E-state index contributed by atoms with van der Waals surface area (Å²) in [7, 11) is -2.47. The lowest BCUT2D eigenvalue weighted by Gasteiger charge is -2.10. The maximum absolute atomic E-state index is 12.0. The second kappa shape index (κ2) is 9.12. The standard InChI is InChI=1S/C17H18N4O7S/c1-28-15-7-4-12(21(24)25)10-14(15)20-17(23)16(22)19-9-8-11-2-5-13(6-3-11)29(18,26)27/h2-7,10H,8-9H2,1H3,(H,19,22)(H,20,23)(H2,18,26,27). The highest BCUT2D eigenvalue weighted by molar-refractivity contribution is 7.89. The van der Waals surface area contributed by atoms with Crippen molar-refractivity contribution in [1.29, 1.82) is 0 Å². The Hall–Kier alpha value is -3.51. The maximum atomic E-state index is 12.0. The van der Waals surface area contributed by atoms with Gasteiger partial charge in [-0.3, -0.25) is 19.7 Å². The molecule has 0 aromatic heterocycles. The average molecular weight is 422 g/mol. The smallest absolute Gasteiger partial charge is 0.313 e. The molecule has 0 fully saturated rings. The number of methoxy groups -OCH3 is 1. The number of nitrogens with zero attached hydrogens (tertiary/aromatic N) is 1. The van der Waals surface area contributed by atoms with Gasteiger partial charge in [-0.15, -0.1) is 0 Å². The fourth-order valence-corrected chi connectivity index (χ4v) is 2.85. The number of non-ortho nitro benzene ring substituents is 1. The van der Waals surface area contributed by atoms with E-state index in [1.807, 2.05) is 0 Å². The van der Waals surface area contributed by atoms with Crippen LogP contribution in [0.4, 0.5) is 11.4 Å². The van der Waals surface area contributed by atoms with Crippen molar-refractivity contribution in [2.75, 3.05) is 19.0 Å². The molecule has 11 nitrogen and oxygen atoms in total. The number of hydrogen-bond acceptors (Lipinski definition) is 7. The van der Waals surface area contributed by atoms with Crippen molar-refractivity contribution >= 4 is 33.2 Å². The summed E-state index contributed by atoms with van der Waals surface area (Å²) in [5.41, 5.74) is 0.434. The van der Waals surface area contributed by atoms with Gasteiger partial charge in [0, 0.05) is 18.7 Å². The number of carbonyl (C=O) groups excluding carboxylic acids is 2. The molecule has 2 aromatic rings. The SMILES string of the molecule is COc1ccc([N+](=O)[O-])cc1NC(=O)C(=O)NCCc1ccc(S(N)(=O)=O)cc1. The van der Waals surface area contributed by atoms with Gasteiger partial charge in [-0.2, -0.15) is 0 Å². The minimum atomic E-state index is -3.78. The highest BCUT2D eigenvalue weighted by Gasteiger charge is 2.18. The summed E-state index contributed by atoms with van der Waals surface area (Å²) in [5, 5.41) is 20.5. The lowest BCUT2D eigenvalue weighted by Crippen LogP contribution is -2.36. The van der Waals surface area contributed by atoms with E-state index in [1.165, 1.54) is 31.4 Å². The number of rotatable bonds is 7. The number of sulfonamides is 1. The zero-order chi connectivity index (χ0) is 21.6. The monoisotopic (exact) mass is 422 g/mol. The van der Waals surface area contributed by atoms with Gasteiger partial charge >= 0.3 is 11.8 Å². The van der Waals surface area contributed by atoms with Gasteiger partial charge in [0.1, 0.15) is 5.75 Å². The molecule has 0 atom stereocenters. The van der Waals surface area contributed by atoms with Crippen molar-refractivity contribution in [2.45, 2.75) is 11.3 Å². The third kappa shape index (κ3) is 5.99. The van der Waals surface area contributed by atoms with Crippen molar-refractivity contribution < 1.29 is 27.7 Å². The van der Waals surface area contributed by atoms with Crippen LogP contribution in [0.25, 0.3) is 0 Å². The molecule has 0 unspecified atom stereocenters. The van der Waals surface area contributed by atoms with Gasteiger partial charge in [-0.25, -0.2) is 13.6 Å². The summed E-state index contributed by atoms with van der Waals surface area (Å²) >= 11 is 0. The quantitative estimate of drug-likeness (QED) is 0.332. The maximum Gasteiger partial charge on any atom is 0.313 e. The zero-order valence-electron chi connectivity index (χ0n) is 15.2. The first-order chi connectivity index (χ1) is 13.6. The molecule has 12 heteroatoms. The van der Waals surface area contributed by atoms with Crippen LogP contribution in [-0.4, -0.2) is 38.8 Å². The lowest BCUT2D eigenvalue weighted by atomic mass is 10.1. The highest BCUT2D eigenvalue weighted by atomic mass is 32.2. The molecular formula is C17H18N4O7S. The second-order valence-electron chi connectivity index (χ2n) is 5.79. The summed E-state index contributed by atoms with van der Waals surface area (Å²) in [6.07, 6.45) is 0.337. The van der Waals surface area contributed by atoms with Gasteiger partial charge in [0.2, 0.25) is 10.0 Å². The Balaban J connectivity index is 1.94. The molecule has 0 aliphatic heterocycles. The molecule has 29 heavy (non-hydrogen) atoms. The van der Waals surface area contributed by atoms with Gasteiger partial charge < -0.3 is 15.4 Å². The van der Waals surface area contributed by atoms with E-state index in [-0.39, 0.29) is 28.6 Å². The molecule has 0 saturated heterocycles. The van der Waals surface area contributed by atoms with Gasteiger partial charge in [0.15, 0.2) is 0 Å². The molecule has 2 amide bonds. The van der Waals surface area contributed by atoms with Crippen LogP contribution in [0.1, 0.15) is 5.56 Å². The van der Waals surface area contributed by atoms with Gasteiger partial charge in [-0.1, -0.05) is 12.1 Å². The van der Waals surface area contributed by atoms with Crippen molar-refractivity contribution in [1.82, 2.24) is 5.32 Å². The Kier molecular flexibility index (Phi) is 6.85. The molecule has 2 rings (SSSR count). The number of nitrogens with one attached hydrogen (secondary N) is 2. The van der Waals surface area contributed by atoms with Gasteiger partial charge in [0.05, 0.1) is 22.6 Å². The second-order valence-corrected chi connectivity index (χ2v) is 7.35. The zero-order valence-corrected chi connectivity index (χ0v) is 16.1. The number of anilines is 1. The number of primary sulfonamides is 1. The van der Waals surface area contributed by atoms with Crippen LogP contribution >= 0.6 is 0 Å². The minimum Gasteiger partial charge on any atom is -0.495 e. The number of nitrogens with two attached hydrogens (primary N) is 1. The minimum absolute atomic E-state index is 0.0135.